The van der Waals surface area contributed by atoms with E-state index in [1.165, 1.54) is 0 Å². The van der Waals surface area contributed by atoms with Crippen LogP contribution in [0.1, 0.15) is 0 Å². The van der Waals surface area contributed by atoms with E-state index in [9.17, 15) is 50.4 Å². The Morgan fingerprint density at radius 2 is 0.386 bits per heavy atom. The van der Waals surface area contributed by atoms with E-state index in [4.69, 9.17) is 0 Å². The number of allylic oxidation sites excluding steroid dienone is 6. The van der Waals surface area contributed by atoms with Gasteiger partial charge in [-0.2, -0.15) is 37.2 Å². The molecule has 3 aromatic carbocycles. The maximum absolute atomic E-state index is 10.7. The van der Waals surface area contributed by atoms with Crippen molar-refractivity contribution in [3.05, 3.63) is 173 Å². The molecule has 21 heteroatoms. The first-order chi connectivity index (χ1) is 25.7. The molecule has 0 N–H and O–H groups in total. The van der Waals surface area contributed by atoms with Gasteiger partial charge in [0.2, 0.25) is 0 Å². The van der Waals surface area contributed by atoms with Crippen molar-refractivity contribution in [2.45, 2.75) is 0 Å². The van der Waals surface area contributed by atoms with Crippen LogP contribution in [0.3, 0.4) is 0 Å². The van der Waals surface area contributed by atoms with Crippen LogP contribution in [0.15, 0.2) is 110 Å². The molecule has 6 aliphatic rings. The van der Waals surface area contributed by atoms with E-state index in [-0.39, 0.29) is 17.1 Å². The van der Waals surface area contributed by atoms with E-state index in [2.05, 4.69) is 105 Å². The number of hydrogen-bond donors (Lipinski definition) is 0. The number of rotatable bonds is 0. The molecule has 0 unspecified atom stereocenters. The number of halogens is 12. The molecule has 57 heavy (non-hydrogen) atoms. The molecule has 6 aliphatic heterocycles. The van der Waals surface area contributed by atoms with Crippen LogP contribution in [0.4, 0.5) is 84.5 Å². The van der Waals surface area contributed by atoms with Gasteiger partial charge < -0.3 is 31.9 Å². The average molecular weight is 886 g/mol. The van der Waals surface area contributed by atoms with Crippen molar-refractivity contribution in [1.82, 2.24) is 0 Å². The molecule has 3 aromatic rings. The van der Waals surface area contributed by atoms with Crippen LogP contribution in [0.2, 0.25) is 0 Å². The Balaban J connectivity index is 0.000000163. The average Bonchev–Trinajstić information content (AvgIpc) is 3.13. The summed E-state index contributed by atoms with van der Waals surface area (Å²) in [6, 6.07) is 12.5. The van der Waals surface area contributed by atoms with Gasteiger partial charge in [-0.3, -0.25) is 0 Å². The Labute approximate surface area is 326 Å². The molecule has 9 rings (SSSR count). The molecular formula is C36H24F12FeN6P2-6. The quantitative estimate of drug-likeness (QED) is 0.122. The summed E-state index contributed by atoms with van der Waals surface area (Å²) in [5, 5.41) is 32.9. The van der Waals surface area contributed by atoms with Crippen LogP contribution in [0.5, 0.6) is 0 Å². The van der Waals surface area contributed by atoms with Crippen LogP contribution in [0.25, 0.3) is 68.4 Å². The molecule has 0 spiro atoms. The molecule has 0 fully saturated rings. The summed E-state index contributed by atoms with van der Waals surface area (Å²) in [6.45, 7) is 0. The monoisotopic (exact) mass is 886 g/mol. The number of fused-ring (bicyclic) bond motifs is 9. The molecule has 306 valence electrons. The van der Waals surface area contributed by atoms with Crippen molar-refractivity contribution >= 4 is 86.2 Å². The molecule has 0 saturated heterocycles. The Morgan fingerprint density at radius 3 is 0.509 bits per heavy atom. The van der Waals surface area contributed by atoms with Crippen molar-refractivity contribution in [2.75, 3.05) is 0 Å². The number of hydrogen-bond acceptors (Lipinski definition) is 0. The minimum atomic E-state index is -10.7. The van der Waals surface area contributed by atoms with Gasteiger partial charge >= 0.3 is 83.0 Å². The molecule has 0 radical (unpaired) electrons. The topological polar surface area (TPSA) is 84.6 Å². The fourth-order valence-electron chi connectivity index (χ4n) is 5.04. The third-order valence-corrected chi connectivity index (χ3v) is 7.03. The van der Waals surface area contributed by atoms with Crippen molar-refractivity contribution < 1.29 is 67.4 Å². The minimum absolute atomic E-state index is 0. The molecule has 0 aromatic heterocycles. The zero-order valence-corrected chi connectivity index (χ0v) is 31.2. The summed E-state index contributed by atoms with van der Waals surface area (Å²) in [5.74, 6) is 0. The third kappa shape index (κ3) is 15.6. The van der Waals surface area contributed by atoms with Gasteiger partial charge in [0.05, 0.1) is 0 Å². The standard InChI is InChI=1S/3C12H8N2.2F6P.Fe/c3*1-3-9-5-6-10-4-2-8-14-12(10)11(9)13-7-1;2*1-7(2,3,4,5)6;/h3*1-8H;;;/q3*-2;2*-1;+2. The molecule has 0 bridgehead atoms. The molecule has 0 atom stereocenters. The SMILES string of the molecule is C1=C[N-]c2c3c(ccc2=C1)=CC=C[N-]3.C1=C[N-]c2c3c(ccc2=C1)=CC=C[N-]3.C1=C[N-]c2c3c(ccc2=C1)=CC=C[N-]3.F[P-](F)(F)(F)(F)F.F[P-](F)(F)(F)(F)F.[Fe+2]. The van der Waals surface area contributed by atoms with Gasteiger partial charge in [-0.1, -0.05) is 109 Å². The van der Waals surface area contributed by atoms with Crippen LogP contribution in [-0.2, 0) is 17.1 Å². The second-order valence-corrected chi connectivity index (χ2v) is 15.4. The summed E-state index contributed by atoms with van der Waals surface area (Å²) >= 11 is 0. The first kappa shape index (κ1) is 44.4. The van der Waals surface area contributed by atoms with Crippen LogP contribution in [-0.4, -0.2) is 0 Å². The van der Waals surface area contributed by atoms with Crippen LogP contribution >= 0.6 is 15.6 Å². The molecular weight excluding hydrogens is 862 g/mol. The van der Waals surface area contributed by atoms with Gasteiger partial charge in [-0.15, -0.1) is 34.1 Å². The van der Waals surface area contributed by atoms with Crippen molar-refractivity contribution in [2.24, 2.45) is 0 Å². The van der Waals surface area contributed by atoms with E-state index in [1.54, 1.807) is 37.2 Å². The van der Waals surface area contributed by atoms with E-state index in [1.807, 2.05) is 36.5 Å². The van der Waals surface area contributed by atoms with Gasteiger partial charge in [0.1, 0.15) is 0 Å². The van der Waals surface area contributed by atoms with Crippen molar-refractivity contribution in [3.8, 4) is 0 Å². The first-order valence-electron chi connectivity index (χ1n) is 15.6. The molecule has 6 nitrogen and oxygen atoms in total. The molecule has 0 aliphatic carbocycles. The van der Waals surface area contributed by atoms with E-state index in [0.29, 0.717) is 0 Å². The predicted molar refractivity (Wildman–Crippen MR) is 204 cm³/mol. The number of nitrogens with zero attached hydrogens (tertiary/aromatic N) is 6. The second kappa shape index (κ2) is 15.2. The zero-order chi connectivity index (χ0) is 41.0. The Kier molecular flexibility index (Phi) is 11.8. The summed E-state index contributed by atoms with van der Waals surface area (Å²) in [5.41, 5.74) is 5.86. The zero-order valence-electron chi connectivity index (χ0n) is 28.3. The Bertz CT molecular complexity index is 2190. The molecule has 6 heterocycles. The fourth-order valence-corrected chi connectivity index (χ4v) is 5.04. The summed E-state index contributed by atoms with van der Waals surface area (Å²) in [7, 11) is -21.3. The van der Waals surface area contributed by atoms with E-state index in [0.717, 1.165) is 65.4 Å². The maximum Gasteiger partial charge on any atom is 2.00 e. The fraction of sp³-hybridized carbons (Fsp3) is 0. The molecule has 0 saturated carbocycles. The van der Waals surface area contributed by atoms with Gasteiger partial charge in [-0.25, -0.2) is 0 Å². The predicted octanol–water partition coefficient (Wildman–Crippen LogP) is 13.7. The van der Waals surface area contributed by atoms with E-state index < -0.39 is 15.6 Å². The summed E-state index contributed by atoms with van der Waals surface area (Å²) < 4.78 is 118. The normalized spacial score (nSPS) is 17.1. The summed E-state index contributed by atoms with van der Waals surface area (Å²) in [4.78, 5) is 0. The largest absolute Gasteiger partial charge is 2.00 e. The van der Waals surface area contributed by atoms with Gasteiger partial charge in [0.15, 0.2) is 0 Å². The minimum Gasteiger partial charge on any atom is 2.00 e. The Hall–Kier alpha value is -5.34. The van der Waals surface area contributed by atoms with Gasteiger partial charge in [0.25, 0.3) is 0 Å². The number of benzene rings is 3. The van der Waals surface area contributed by atoms with Crippen molar-refractivity contribution in [1.29, 1.82) is 0 Å². The van der Waals surface area contributed by atoms with Gasteiger partial charge in [0, 0.05) is 0 Å². The summed E-state index contributed by atoms with van der Waals surface area (Å²) in [6.07, 6.45) is 34.8. The van der Waals surface area contributed by atoms with Gasteiger partial charge in [-0.05, 0) is 31.3 Å². The van der Waals surface area contributed by atoms with E-state index >= 15 is 0 Å². The van der Waals surface area contributed by atoms with Crippen LogP contribution < -0.4 is 31.3 Å². The smallest absolute Gasteiger partial charge is 2.00 e. The maximum atomic E-state index is 9.87. The third-order valence-electron chi connectivity index (χ3n) is 7.03. The first-order valence-corrected chi connectivity index (χ1v) is 19.7. The molecule has 0 amide bonds. The Morgan fingerprint density at radius 1 is 0.263 bits per heavy atom. The second-order valence-electron chi connectivity index (χ2n) is 11.6. The van der Waals surface area contributed by atoms with Crippen molar-refractivity contribution in [3.63, 3.8) is 0 Å². The van der Waals surface area contributed by atoms with Crippen LogP contribution in [0, 0.1) is 0 Å².